The molecular weight excluding hydrogens is 334 g/mol. The van der Waals surface area contributed by atoms with Crippen molar-refractivity contribution < 1.29 is 9.53 Å². The van der Waals surface area contributed by atoms with Crippen LogP contribution in [-0.4, -0.2) is 32.1 Å². The number of thiazole rings is 1. The number of carbonyl (C=O) groups excluding carboxylic acids is 1. The minimum Gasteiger partial charge on any atom is -0.497 e. The Labute approximate surface area is 150 Å². The maximum Gasteiger partial charge on any atom is 0.257 e. The fraction of sp³-hybridized carbons (Fsp3) is 0.158. The molecule has 128 valence electrons. The third-order valence-electron chi connectivity index (χ3n) is 3.74. The maximum absolute atomic E-state index is 12.4. The Morgan fingerprint density at radius 1 is 1.16 bits per heavy atom. The van der Waals surface area contributed by atoms with Crippen molar-refractivity contribution in [1.29, 1.82) is 0 Å². The molecule has 0 spiro atoms. The zero-order valence-corrected chi connectivity index (χ0v) is 15.1. The van der Waals surface area contributed by atoms with E-state index in [1.165, 1.54) is 11.3 Å². The minimum atomic E-state index is -0.170. The average molecular weight is 353 g/mol. The summed E-state index contributed by atoms with van der Waals surface area (Å²) in [4.78, 5) is 18.8. The molecule has 1 amide bonds. The maximum atomic E-state index is 12.4. The van der Waals surface area contributed by atoms with Gasteiger partial charge < -0.3 is 9.64 Å². The summed E-state index contributed by atoms with van der Waals surface area (Å²) in [5, 5.41) is 5.33. The standard InChI is InChI=1S/C19H19N3O2S/c1-22(2)15-9-7-13(8-10-15)18(23)21-19-20-17(12-25-19)14-5-4-6-16(11-14)24-3/h4-12H,1-3H3,(H,20,21,23). The van der Waals surface area contributed by atoms with Crippen molar-refractivity contribution in [2.75, 3.05) is 31.4 Å². The highest BCUT2D eigenvalue weighted by atomic mass is 32.1. The second kappa shape index (κ2) is 7.36. The fourth-order valence-corrected chi connectivity index (χ4v) is 3.04. The van der Waals surface area contributed by atoms with Gasteiger partial charge in [-0.15, -0.1) is 11.3 Å². The molecule has 0 aliphatic heterocycles. The van der Waals surface area contributed by atoms with Crippen molar-refractivity contribution in [1.82, 2.24) is 4.98 Å². The molecule has 2 aromatic carbocycles. The predicted molar refractivity (Wildman–Crippen MR) is 103 cm³/mol. The molecule has 0 radical (unpaired) electrons. The number of amides is 1. The van der Waals surface area contributed by atoms with Crippen LogP contribution < -0.4 is 15.0 Å². The molecule has 0 saturated carbocycles. The second-order valence-corrected chi connectivity index (χ2v) is 6.52. The van der Waals surface area contributed by atoms with E-state index in [9.17, 15) is 4.79 Å². The Hall–Kier alpha value is -2.86. The van der Waals surface area contributed by atoms with E-state index < -0.39 is 0 Å². The highest BCUT2D eigenvalue weighted by molar-refractivity contribution is 7.14. The van der Waals surface area contributed by atoms with Gasteiger partial charge in [0.1, 0.15) is 5.75 Å². The molecule has 0 aliphatic rings. The Kier molecular flexibility index (Phi) is 5.00. The summed E-state index contributed by atoms with van der Waals surface area (Å²) in [7, 11) is 5.56. The number of anilines is 2. The van der Waals surface area contributed by atoms with Crippen molar-refractivity contribution in [2.24, 2.45) is 0 Å². The van der Waals surface area contributed by atoms with Gasteiger partial charge in [0.25, 0.3) is 5.91 Å². The lowest BCUT2D eigenvalue weighted by molar-refractivity contribution is 0.102. The molecule has 1 N–H and O–H groups in total. The Bertz CT molecular complexity index is 872. The number of carbonyl (C=O) groups is 1. The normalized spacial score (nSPS) is 10.4. The van der Waals surface area contributed by atoms with Gasteiger partial charge in [-0.25, -0.2) is 4.98 Å². The predicted octanol–water partition coefficient (Wildman–Crippen LogP) is 4.14. The molecule has 0 atom stereocenters. The van der Waals surface area contributed by atoms with Crippen molar-refractivity contribution in [2.45, 2.75) is 0 Å². The number of ether oxygens (including phenoxy) is 1. The number of nitrogens with one attached hydrogen (secondary N) is 1. The van der Waals surface area contributed by atoms with E-state index in [0.717, 1.165) is 22.7 Å². The Morgan fingerprint density at radius 2 is 1.92 bits per heavy atom. The lowest BCUT2D eigenvalue weighted by Gasteiger charge is -2.12. The lowest BCUT2D eigenvalue weighted by atomic mass is 10.2. The topological polar surface area (TPSA) is 54.5 Å². The molecule has 0 bridgehead atoms. The van der Waals surface area contributed by atoms with Gasteiger partial charge in [0.15, 0.2) is 5.13 Å². The van der Waals surface area contributed by atoms with Crippen LogP contribution >= 0.6 is 11.3 Å². The highest BCUT2D eigenvalue weighted by Crippen LogP contribution is 2.27. The monoisotopic (exact) mass is 353 g/mol. The van der Waals surface area contributed by atoms with Crippen LogP contribution in [-0.2, 0) is 0 Å². The van der Waals surface area contributed by atoms with Gasteiger partial charge in [-0.2, -0.15) is 0 Å². The van der Waals surface area contributed by atoms with E-state index in [2.05, 4.69) is 10.3 Å². The molecule has 0 fully saturated rings. The van der Waals surface area contributed by atoms with Crippen LogP contribution in [0.25, 0.3) is 11.3 Å². The van der Waals surface area contributed by atoms with Gasteiger partial charge in [-0.1, -0.05) is 12.1 Å². The number of hydrogen-bond donors (Lipinski definition) is 1. The van der Waals surface area contributed by atoms with Crippen molar-refractivity contribution in [3.63, 3.8) is 0 Å². The van der Waals surface area contributed by atoms with Crippen LogP contribution in [0.1, 0.15) is 10.4 Å². The quantitative estimate of drug-likeness (QED) is 0.749. The summed E-state index contributed by atoms with van der Waals surface area (Å²) < 4.78 is 5.23. The summed E-state index contributed by atoms with van der Waals surface area (Å²) in [6.07, 6.45) is 0. The molecule has 1 heterocycles. The van der Waals surface area contributed by atoms with Gasteiger partial charge in [0.05, 0.1) is 12.8 Å². The lowest BCUT2D eigenvalue weighted by Crippen LogP contribution is -2.13. The SMILES string of the molecule is COc1cccc(-c2csc(NC(=O)c3ccc(N(C)C)cc3)n2)c1. The molecule has 0 unspecified atom stereocenters. The van der Waals surface area contributed by atoms with Crippen LogP contribution in [0, 0.1) is 0 Å². The number of hydrogen-bond acceptors (Lipinski definition) is 5. The fourth-order valence-electron chi connectivity index (χ4n) is 2.33. The third-order valence-corrected chi connectivity index (χ3v) is 4.49. The van der Waals surface area contributed by atoms with Gasteiger partial charge in [-0.3, -0.25) is 10.1 Å². The van der Waals surface area contributed by atoms with Crippen LogP contribution in [0.3, 0.4) is 0 Å². The van der Waals surface area contributed by atoms with E-state index in [4.69, 9.17) is 4.74 Å². The van der Waals surface area contributed by atoms with E-state index in [0.29, 0.717) is 10.7 Å². The molecule has 1 aromatic heterocycles. The van der Waals surface area contributed by atoms with Gasteiger partial charge >= 0.3 is 0 Å². The molecule has 5 nitrogen and oxygen atoms in total. The zero-order valence-electron chi connectivity index (χ0n) is 14.3. The first-order valence-electron chi connectivity index (χ1n) is 7.75. The number of methoxy groups -OCH3 is 1. The molecule has 0 aliphatic carbocycles. The van der Waals surface area contributed by atoms with E-state index in [1.807, 2.05) is 60.8 Å². The third kappa shape index (κ3) is 3.97. The van der Waals surface area contributed by atoms with Crippen LogP contribution in [0.15, 0.2) is 53.9 Å². The first-order chi connectivity index (χ1) is 12.1. The van der Waals surface area contributed by atoms with Crippen LogP contribution in [0.2, 0.25) is 0 Å². The summed E-state index contributed by atoms with van der Waals surface area (Å²) in [5.74, 6) is 0.605. The number of nitrogens with zero attached hydrogens (tertiary/aromatic N) is 2. The van der Waals surface area contributed by atoms with Crippen molar-refractivity contribution in [3.8, 4) is 17.0 Å². The second-order valence-electron chi connectivity index (χ2n) is 5.67. The minimum absolute atomic E-state index is 0.170. The number of rotatable bonds is 5. The first kappa shape index (κ1) is 17.0. The molecular formula is C19H19N3O2S. The Morgan fingerprint density at radius 3 is 2.60 bits per heavy atom. The molecule has 6 heteroatoms. The van der Waals surface area contributed by atoms with Crippen LogP contribution in [0.5, 0.6) is 5.75 Å². The number of aromatic nitrogens is 1. The van der Waals surface area contributed by atoms with E-state index in [-0.39, 0.29) is 5.91 Å². The Balaban J connectivity index is 1.73. The summed E-state index contributed by atoms with van der Waals surface area (Å²) in [5.41, 5.74) is 3.41. The zero-order chi connectivity index (χ0) is 17.8. The molecule has 3 rings (SSSR count). The van der Waals surface area contributed by atoms with Gasteiger partial charge in [0, 0.05) is 36.3 Å². The molecule has 0 saturated heterocycles. The average Bonchev–Trinajstić information content (AvgIpc) is 3.10. The molecule has 3 aromatic rings. The highest BCUT2D eigenvalue weighted by Gasteiger charge is 2.10. The van der Waals surface area contributed by atoms with Crippen molar-refractivity contribution >= 4 is 28.1 Å². The summed E-state index contributed by atoms with van der Waals surface area (Å²) in [6.45, 7) is 0. The van der Waals surface area contributed by atoms with Crippen molar-refractivity contribution in [3.05, 3.63) is 59.5 Å². The number of benzene rings is 2. The largest absolute Gasteiger partial charge is 0.497 e. The van der Waals surface area contributed by atoms with E-state index >= 15 is 0 Å². The van der Waals surface area contributed by atoms with E-state index in [1.54, 1.807) is 19.2 Å². The summed E-state index contributed by atoms with van der Waals surface area (Å²) >= 11 is 1.40. The molecule has 25 heavy (non-hydrogen) atoms. The van der Waals surface area contributed by atoms with Gasteiger partial charge in [0.2, 0.25) is 0 Å². The van der Waals surface area contributed by atoms with Gasteiger partial charge in [-0.05, 0) is 36.4 Å². The summed E-state index contributed by atoms with van der Waals surface area (Å²) in [6, 6.07) is 15.1. The smallest absolute Gasteiger partial charge is 0.257 e. The van der Waals surface area contributed by atoms with Crippen LogP contribution in [0.4, 0.5) is 10.8 Å². The first-order valence-corrected chi connectivity index (χ1v) is 8.63.